The topological polar surface area (TPSA) is 55.8 Å². The first-order chi connectivity index (χ1) is 9.18. The molecule has 1 heterocycles. The molecule has 1 aliphatic heterocycles. The second kappa shape index (κ2) is 4.85. The lowest BCUT2D eigenvalue weighted by atomic mass is 9.92. The first-order valence-corrected chi connectivity index (χ1v) is 6.75. The highest BCUT2D eigenvalue weighted by atomic mass is 16.5. The van der Waals surface area contributed by atoms with Crippen LogP contribution in [-0.4, -0.2) is 30.4 Å². The third-order valence-corrected chi connectivity index (χ3v) is 3.98. The van der Waals surface area contributed by atoms with Crippen LogP contribution in [-0.2, 0) is 14.9 Å². The molecule has 4 heteroatoms. The SMILES string of the molecule is O=C(O)CC1(c2cccc(OC3CCOC3)c2)CC1. The molecule has 102 valence electrons. The van der Waals surface area contributed by atoms with E-state index < -0.39 is 5.97 Å². The maximum absolute atomic E-state index is 10.9. The van der Waals surface area contributed by atoms with Crippen molar-refractivity contribution in [3.05, 3.63) is 29.8 Å². The molecular formula is C15H18O4. The van der Waals surface area contributed by atoms with Crippen LogP contribution in [0.4, 0.5) is 0 Å². The minimum Gasteiger partial charge on any atom is -0.488 e. The van der Waals surface area contributed by atoms with Gasteiger partial charge in [-0.05, 0) is 30.5 Å². The van der Waals surface area contributed by atoms with Gasteiger partial charge in [-0.15, -0.1) is 0 Å². The van der Waals surface area contributed by atoms with E-state index in [-0.39, 0.29) is 17.9 Å². The molecule has 1 saturated carbocycles. The average Bonchev–Trinajstić information content (AvgIpc) is 2.97. The van der Waals surface area contributed by atoms with Gasteiger partial charge in [0.05, 0.1) is 19.6 Å². The molecule has 0 aromatic heterocycles. The summed E-state index contributed by atoms with van der Waals surface area (Å²) in [4.78, 5) is 10.9. The number of aliphatic carboxylic acids is 1. The van der Waals surface area contributed by atoms with Crippen molar-refractivity contribution in [3.8, 4) is 5.75 Å². The Bertz CT molecular complexity index is 473. The number of benzene rings is 1. The van der Waals surface area contributed by atoms with Crippen molar-refractivity contribution in [1.29, 1.82) is 0 Å². The summed E-state index contributed by atoms with van der Waals surface area (Å²) in [6.07, 6.45) is 3.17. The molecule has 0 spiro atoms. The molecule has 0 bridgehead atoms. The zero-order valence-corrected chi connectivity index (χ0v) is 10.8. The first kappa shape index (κ1) is 12.5. The predicted octanol–water partition coefficient (Wildman–Crippen LogP) is 2.36. The van der Waals surface area contributed by atoms with E-state index in [4.69, 9.17) is 14.6 Å². The van der Waals surface area contributed by atoms with Crippen molar-refractivity contribution in [2.45, 2.75) is 37.2 Å². The van der Waals surface area contributed by atoms with Gasteiger partial charge in [0.25, 0.3) is 0 Å². The molecular weight excluding hydrogens is 244 g/mol. The van der Waals surface area contributed by atoms with E-state index in [1.54, 1.807) is 0 Å². The summed E-state index contributed by atoms with van der Waals surface area (Å²) < 4.78 is 11.2. The van der Waals surface area contributed by atoms with Crippen molar-refractivity contribution >= 4 is 5.97 Å². The molecule has 2 aliphatic rings. The number of rotatable bonds is 5. The maximum Gasteiger partial charge on any atom is 0.304 e. The number of carboxylic acid groups (broad SMARTS) is 1. The molecule has 19 heavy (non-hydrogen) atoms. The van der Waals surface area contributed by atoms with Gasteiger partial charge in [-0.1, -0.05) is 12.1 Å². The maximum atomic E-state index is 10.9. The third-order valence-electron chi connectivity index (χ3n) is 3.98. The molecule has 4 nitrogen and oxygen atoms in total. The minimum atomic E-state index is -0.729. The highest BCUT2D eigenvalue weighted by Gasteiger charge is 2.46. The lowest BCUT2D eigenvalue weighted by Gasteiger charge is -2.16. The van der Waals surface area contributed by atoms with Gasteiger partial charge in [0.2, 0.25) is 0 Å². The van der Waals surface area contributed by atoms with Crippen LogP contribution >= 0.6 is 0 Å². The van der Waals surface area contributed by atoms with Gasteiger partial charge in [0, 0.05) is 11.8 Å². The Labute approximate surface area is 112 Å². The van der Waals surface area contributed by atoms with Gasteiger partial charge in [-0.3, -0.25) is 4.79 Å². The van der Waals surface area contributed by atoms with E-state index in [1.807, 2.05) is 24.3 Å². The van der Waals surface area contributed by atoms with Gasteiger partial charge in [-0.2, -0.15) is 0 Å². The number of carboxylic acids is 1. The molecule has 1 saturated heterocycles. The second-order valence-corrected chi connectivity index (χ2v) is 5.48. The van der Waals surface area contributed by atoms with Crippen LogP contribution in [0.2, 0.25) is 0 Å². The number of ether oxygens (including phenoxy) is 2. The van der Waals surface area contributed by atoms with Gasteiger partial charge in [0.1, 0.15) is 11.9 Å². The molecule has 0 radical (unpaired) electrons. The van der Waals surface area contributed by atoms with Crippen molar-refractivity contribution in [2.24, 2.45) is 0 Å². The molecule has 1 N–H and O–H groups in total. The van der Waals surface area contributed by atoms with Gasteiger partial charge in [-0.25, -0.2) is 0 Å². The molecule has 1 aromatic rings. The lowest BCUT2D eigenvalue weighted by molar-refractivity contribution is -0.137. The normalized spacial score (nSPS) is 24.1. The fraction of sp³-hybridized carbons (Fsp3) is 0.533. The van der Waals surface area contributed by atoms with Crippen molar-refractivity contribution in [1.82, 2.24) is 0 Å². The fourth-order valence-electron chi connectivity index (χ4n) is 2.71. The average molecular weight is 262 g/mol. The van der Waals surface area contributed by atoms with Gasteiger partial charge < -0.3 is 14.6 Å². The minimum absolute atomic E-state index is 0.130. The Morgan fingerprint density at radius 3 is 2.95 bits per heavy atom. The van der Waals surface area contributed by atoms with E-state index >= 15 is 0 Å². The Kier molecular flexibility index (Phi) is 3.19. The molecule has 1 aliphatic carbocycles. The molecule has 1 unspecified atom stereocenters. The number of hydrogen-bond acceptors (Lipinski definition) is 3. The Hall–Kier alpha value is -1.55. The summed E-state index contributed by atoms with van der Waals surface area (Å²) in [7, 11) is 0. The zero-order chi connectivity index (χ0) is 13.3. The largest absolute Gasteiger partial charge is 0.488 e. The lowest BCUT2D eigenvalue weighted by Crippen LogP contribution is -2.17. The Balaban J connectivity index is 1.74. The van der Waals surface area contributed by atoms with Crippen LogP contribution in [0.3, 0.4) is 0 Å². The number of hydrogen-bond donors (Lipinski definition) is 1. The molecule has 2 fully saturated rings. The van der Waals surface area contributed by atoms with Crippen LogP contribution in [0, 0.1) is 0 Å². The summed E-state index contributed by atoms with van der Waals surface area (Å²) in [5, 5.41) is 9.00. The second-order valence-electron chi connectivity index (χ2n) is 5.48. The first-order valence-electron chi connectivity index (χ1n) is 6.75. The van der Waals surface area contributed by atoms with Crippen molar-refractivity contribution < 1.29 is 19.4 Å². The summed E-state index contributed by atoms with van der Waals surface area (Å²) in [5.74, 6) is 0.0951. The van der Waals surface area contributed by atoms with Gasteiger partial charge in [0.15, 0.2) is 0 Å². The summed E-state index contributed by atoms with van der Waals surface area (Å²) in [6.45, 7) is 1.40. The summed E-state index contributed by atoms with van der Waals surface area (Å²) in [6, 6.07) is 7.88. The quantitative estimate of drug-likeness (QED) is 0.885. The monoisotopic (exact) mass is 262 g/mol. The summed E-state index contributed by atoms with van der Waals surface area (Å²) in [5.41, 5.74) is 0.934. The molecule has 1 aromatic carbocycles. The Morgan fingerprint density at radius 2 is 2.32 bits per heavy atom. The highest BCUT2D eigenvalue weighted by Crippen LogP contribution is 2.51. The van der Waals surface area contributed by atoms with Crippen molar-refractivity contribution in [2.75, 3.05) is 13.2 Å². The molecule has 3 rings (SSSR count). The third kappa shape index (κ3) is 2.73. The zero-order valence-electron chi connectivity index (χ0n) is 10.8. The number of carbonyl (C=O) groups is 1. The van der Waals surface area contributed by atoms with E-state index in [2.05, 4.69) is 0 Å². The predicted molar refractivity (Wildman–Crippen MR) is 69.5 cm³/mol. The smallest absolute Gasteiger partial charge is 0.304 e. The van der Waals surface area contributed by atoms with E-state index in [0.717, 1.165) is 37.2 Å². The standard InChI is InChI=1S/C15H18O4/c16-14(17)9-15(5-6-15)11-2-1-3-12(8-11)19-13-4-7-18-10-13/h1-3,8,13H,4-7,9-10H2,(H,16,17). The summed E-state index contributed by atoms with van der Waals surface area (Å²) >= 11 is 0. The van der Waals surface area contributed by atoms with E-state index in [9.17, 15) is 4.79 Å². The van der Waals surface area contributed by atoms with Crippen LogP contribution in [0.25, 0.3) is 0 Å². The van der Waals surface area contributed by atoms with Crippen LogP contribution < -0.4 is 4.74 Å². The van der Waals surface area contributed by atoms with Crippen LogP contribution in [0.15, 0.2) is 24.3 Å². The highest BCUT2D eigenvalue weighted by molar-refractivity contribution is 5.70. The van der Waals surface area contributed by atoms with Crippen molar-refractivity contribution in [3.63, 3.8) is 0 Å². The fourth-order valence-corrected chi connectivity index (χ4v) is 2.71. The van der Waals surface area contributed by atoms with E-state index in [0.29, 0.717) is 6.61 Å². The van der Waals surface area contributed by atoms with Crippen LogP contribution in [0.1, 0.15) is 31.2 Å². The van der Waals surface area contributed by atoms with Crippen LogP contribution in [0.5, 0.6) is 5.75 Å². The Morgan fingerprint density at radius 1 is 1.47 bits per heavy atom. The molecule has 1 atom stereocenters. The molecule has 0 amide bonds. The van der Waals surface area contributed by atoms with Gasteiger partial charge >= 0.3 is 5.97 Å². The van der Waals surface area contributed by atoms with E-state index in [1.165, 1.54) is 0 Å².